The van der Waals surface area contributed by atoms with E-state index in [0.717, 1.165) is 28.9 Å². The van der Waals surface area contributed by atoms with Crippen molar-refractivity contribution in [3.05, 3.63) is 119 Å². The van der Waals surface area contributed by atoms with Crippen LogP contribution in [0.5, 0.6) is 0 Å². The van der Waals surface area contributed by atoms with Gasteiger partial charge in [0.1, 0.15) is 5.76 Å². The summed E-state index contributed by atoms with van der Waals surface area (Å²) in [5.41, 5.74) is 11.1. The molecule has 5 rings (SSSR count). The molecule has 1 aliphatic rings. The molecule has 0 unspecified atom stereocenters. The van der Waals surface area contributed by atoms with Crippen molar-refractivity contribution in [3.8, 4) is 0 Å². The number of carbonyl (C=O) groups excluding carboxylic acids is 2. The Bertz CT molecular complexity index is 1420. The Labute approximate surface area is 215 Å². The van der Waals surface area contributed by atoms with Crippen LogP contribution in [0, 0.1) is 13.8 Å². The highest BCUT2D eigenvalue weighted by Gasteiger charge is 2.29. The fraction of sp³-hybridized carbons (Fsp3) is 0.167. The van der Waals surface area contributed by atoms with E-state index in [4.69, 9.17) is 4.42 Å². The standard InChI is InChI=1S/C30H28N4O3/c1-20-11-9-12-22(19-20)29(35)32-31-25-17-10-18-26-27(25)21(2)28(37-26)30(36)33-34(23-13-5-3-6-14-23)24-15-7-4-8-16-24/h3-9,11-16,19H,10,17-18H2,1-2H3,(H,32,35)(H,33,36)/b31-25+. The van der Waals surface area contributed by atoms with E-state index >= 15 is 0 Å². The molecule has 0 saturated carbocycles. The van der Waals surface area contributed by atoms with Crippen molar-refractivity contribution in [3.63, 3.8) is 0 Å². The lowest BCUT2D eigenvalue weighted by Gasteiger charge is -2.25. The number of hydrogen-bond donors (Lipinski definition) is 2. The number of benzene rings is 3. The highest BCUT2D eigenvalue weighted by molar-refractivity contribution is 6.07. The molecular weight excluding hydrogens is 464 g/mol. The van der Waals surface area contributed by atoms with Gasteiger partial charge in [0, 0.05) is 23.1 Å². The zero-order valence-electron chi connectivity index (χ0n) is 20.8. The van der Waals surface area contributed by atoms with E-state index in [1.165, 1.54) is 0 Å². The van der Waals surface area contributed by atoms with Crippen LogP contribution in [0.25, 0.3) is 0 Å². The smallest absolute Gasteiger partial charge is 0.306 e. The minimum Gasteiger partial charge on any atom is -0.455 e. The zero-order valence-corrected chi connectivity index (χ0v) is 20.8. The van der Waals surface area contributed by atoms with E-state index < -0.39 is 0 Å². The molecule has 2 N–H and O–H groups in total. The summed E-state index contributed by atoms with van der Waals surface area (Å²) in [7, 11) is 0. The van der Waals surface area contributed by atoms with Crippen LogP contribution in [-0.4, -0.2) is 17.5 Å². The summed E-state index contributed by atoms with van der Waals surface area (Å²) in [5.74, 6) is 0.316. The van der Waals surface area contributed by atoms with Gasteiger partial charge in [-0.05, 0) is 63.1 Å². The van der Waals surface area contributed by atoms with Crippen LogP contribution in [0.15, 0.2) is 94.4 Å². The molecule has 1 heterocycles. The highest BCUT2D eigenvalue weighted by atomic mass is 16.4. The van der Waals surface area contributed by atoms with Crippen molar-refractivity contribution in [2.75, 3.05) is 5.01 Å². The Hall–Kier alpha value is -4.65. The topological polar surface area (TPSA) is 86.9 Å². The molecule has 4 aromatic rings. The first-order valence-electron chi connectivity index (χ1n) is 12.3. The van der Waals surface area contributed by atoms with Crippen molar-refractivity contribution < 1.29 is 14.0 Å². The van der Waals surface area contributed by atoms with Crippen LogP contribution < -0.4 is 15.9 Å². The quantitative estimate of drug-likeness (QED) is 0.331. The average molecular weight is 493 g/mol. The van der Waals surface area contributed by atoms with Gasteiger partial charge in [-0.1, -0.05) is 54.1 Å². The number of furan rings is 1. The molecule has 3 aromatic carbocycles. The van der Waals surface area contributed by atoms with Crippen LogP contribution >= 0.6 is 0 Å². The first-order chi connectivity index (χ1) is 18.0. The van der Waals surface area contributed by atoms with E-state index in [1.807, 2.05) is 92.7 Å². The molecule has 0 radical (unpaired) electrons. The van der Waals surface area contributed by atoms with Gasteiger partial charge in [0.15, 0.2) is 5.76 Å². The van der Waals surface area contributed by atoms with E-state index in [-0.39, 0.29) is 17.6 Å². The number of anilines is 2. The zero-order chi connectivity index (χ0) is 25.8. The van der Waals surface area contributed by atoms with Crippen molar-refractivity contribution in [2.24, 2.45) is 5.10 Å². The van der Waals surface area contributed by atoms with Gasteiger partial charge in [0.2, 0.25) is 0 Å². The minimum absolute atomic E-state index is 0.237. The third-order valence-corrected chi connectivity index (χ3v) is 6.35. The van der Waals surface area contributed by atoms with Gasteiger partial charge in [-0.15, -0.1) is 0 Å². The maximum atomic E-state index is 13.5. The van der Waals surface area contributed by atoms with Crippen molar-refractivity contribution in [1.82, 2.24) is 10.9 Å². The summed E-state index contributed by atoms with van der Waals surface area (Å²) in [6, 6.07) is 26.6. The minimum atomic E-state index is -0.359. The van der Waals surface area contributed by atoms with Gasteiger partial charge >= 0.3 is 5.91 Å². The predicted octanol–water partition coefficient (Wildman–Crippen LogP) is 5.85. The van der Waals surface area contributed by atoms with Gasteiger partial charge in [-0.3, -0.25) is 20.0 Å². The van der Waals surface area contributed by atoms with Crippen LogP contribution in [0.2, 0.25) is 0 Å². The molecular formula is C30H28N4O3. The summed E-state index contributed by atoms with van der Waals surface area (Å²) in [6.07, 6.45) is 2.21. The van der Waals surface area contributed by atoms with E-state index in [0.29, 0.717) is 35.4 Å². The number of aryl methyl sites for hydroxylation is 2. The molecule has 1 aromatic heterocycles. The Kier molecular flexibility index (Phi) is 6.85. The summed E-state index contributed by atoms with van der Waals surface area (Å²) >= 11 is 0. The molecule has 7 heteroatoms. The number of para-hydroxylation sites is 2. The summed E-state index contributed by atoms with van der Waals surface area (Å²) in [6.45, 7) is 3.80. The monoisotopic (exact) mass is 492 g/mol. The lowest BCUT2D eigenvalue weighted by Crippen LogP contribution is -2.39. The van der Waals surface area contributed by atoms with Crippen LogP contribution in [0.4, 0.5) is 11.4 Å². The molecule has 7 nitrogen and oxygen atoms in total. The van der Waals surface area contributed by atoms with Crippen LogP contribution in [0.3, 0.4) is 0 Å². The average Bonchev–Trinajstić information content (AvgIpc) is 3.28. The number of hydrazine groups is 1. The molecule has 2 amide bonds. The second-order valence-electron chi connectivity index (χ2n) is 9.02. The normalized spacial score (nSPS) is 13.6. The number of fused-ring (bicyclic) bond motifs is 1. The van der Waals surface area contributed by atoms with Gasteiger partial charge in [-0.25, -0.2) is 5.43 Å². The molecule has 1 aliphatic carbocycles. The Morgan fingerprint density at radius 1 is 0.838 bits per heavy atom. The highest BCUT2D eigenvalue weighted by Crippen LogP contribution is 2.31. The number of hydrazone groups is 1. The molecule has 0 atom stereocenters. The largest absolute Gasteiger partial charge is 0.455 e. The lowest BCUT2D eigenvalue weighted by atomic mass is 9.93. The summed E-state index contributed by atoms with van der Waals surface area (Å²) < 4.78 is 6.08. The number of carbonyl (C=O) groups is 2. The predicted molar refractivity (Wildman–Crippen MR) is 144 cm³/mol. The van der Waals surface area contributed by atoms with Gasteiger partial charge in [-0.2, -0.15) is 5.10 Å². The van der Waals surface area contributed by atoms with Gasteiger partial charge < -0.3 is 4.42 Å². The molecule has 186 valence electrons. The summed E-state index contributed by atoms with van der Waals surface area (Å²) in [5, 5.41) is 6.17. The molecule has 0 fully saturated rings. The van der Waals surface area contributed by atoms with E-state index in [9.17, 15) is 9.59 Å². The van der Waals surface area contributed by atoms with Crippen LogP contribution in [0.1, 0.15) is 56.2 Å². The third kappa shape index (κ3) is 5.16. The maximum Gasteiger partial charge on any atom is 0.306 e. The molecule has 0 saturated heterocycles. The van der Waals surface area contributed by atoms with Crippen molar-refractivity contribution in [1.29, 1.82) is 0 Å². The maximum absolute atomic E-state index is 13.5. The van der Waals surface area contributed by atoms with E-state index in [1.54, 1.807) is 11.1 Å². The van der Waals surface area contributed by atoms with Crippen LogP contribution in [-0.2, 0) is 6.42 Å². The number of nitrogens with zero attached hydrogens (tertiary/aromatic N) is 2. The summed E-state index contributed by atoms with van der Waals surface area (Å²) in [4.78, 5) is 26.1. The van der Waals surface area contributed by atoms with Crippen molar-refractivity contribution >= 4 is 28.9 Å². The number of amides is 2. The Balaban J connectivity index is 1.41. The van der Waals surface area contributed by atoms with Gasteiger partial charge in [0.25, 0.3) is 5.91 Å². The van der Waals surface area contributed by atoms with Gasteiger partial charge in [0.05, 0.1) is 17.1 Å². The fourth-order valence-corrected chi connectivity index (χ4v) is 4.55. The molecule has 37 heavy (non-hydrogen) atoms. The first kappa shape index (κ1) is 24.1. The number of nitrogens with one attached hydrogen (secondary N) is 2. The fourth-order valence-electron chi connectivity index (χ4n) is 4.55. The SMILES string of the molecule is Cc1cccc(C(=O)N/N=C2\CCCc3oc(C(=O)NN(c4ccccc4)c4ccccc4)c(C)c32)c1. The van der Waals surface area contributed by atoms with Crippen molar-refractivity contribution in [2.45, 2.75) is 33.1 Å². The van der Waals surface area contributed by atoms with E-state index in [2.05, 4.69) is 16.0 Å². The second-order valence-corrected chi connectivity index (χ2v) is 9.02. The first-order valence-corrected chi connectivity index (χ1v) is 12.3. The number of rotatable bonds is 6. The molecule has 0 aliphatic heterocycles. The second kappa shape index (κ2) is 10.5. The Morgan fingerprint density at radius 2 is 1.51 bits per heavy atom. The molecule has 0 bridgehead atoms. The Morgan fingerprint density at radius 3 is 2.16 bits per heavy atom. The third-order valence-electron chi connectivity index (χ3n) is 6.35. The lowest BCUT2D eigenvalue weighted by molar-refractivity contribution is 0.0921. The molecule has 0 spiro atoms. The number of hydrogen-bond acceptors (Lipinski definition) is 5.